The van der Waals surface area contributed by atoms with Gasteiger partial charge in [-0.1, -0.05) is 42.5 Å². The SMILES string of the molecule is Cn1ccnc1[C@H](NC(=O)NCc1ccccc1)c1cccc(F)c1. The van der Waals surface area contributed by atoms with E-state index in [1.807, 2.05) is 37.4 Å². The molecule has 6 heteroatoms. The summed E-state index contributed by atoms with van der Waals surface area (Å²) in [5.41, 5.74) is 1.63. The van der Waals surface area contributed by atoms with Crippen LogP contribution in [0.2, 0.25) is 0 Å². The van der Waals surface area contributed by atoms with Gasteiger partial charge in [0, 0.05) is 26.0 Å². The fourth-order valence-electron chi connectivity index (χ4n) is 2.60. The van der Waals surface area contributed by atoms with E-state index >= 15 is 0 Å². The van der Waals surface area contributed by atoms with Gasteiger partial charge in [0.2, 0.25) is 0 Å². The largest absolute Gasteiger partial charge is 0.336 e. The normalized spacial score (nSPS) is 11.8. The Morgan fingerprint density at radius 2 is 2.00 bits per heavy atom. The van der Waals surface area contributed by atoms with Crippen molar-refractivity contribution in [3.05, 3.63) is 89.8 Å². The van der Waals surface area contributed by atoms with Crippen LogP contribution < -0.4 is 10.6 Å². The van der Waals surface area contributed by atoms with Crippen LogP contribution in [0.5, 0.6) is 0 Å². The lowest BCUT2D eigenvalue weighted by Gasteiger charge is -2.19. The summed E-state index contributed by atoms with van der Waals surface area (Å²) in [5.74, 6) is 0.267. The van der Waals surface area contributed by atoms with Crippen LogP contribution in [0, 0.1) is 5.82 Å². The number of aryl methyl sites for hydroxylation is 1. The Morgan fingerprint density at radius 1 is 1.20 bits per heavy atom. The summed E-state index contributed by atoms with van der Waals surface area (Å²) in [4.78, 5) is 16.6. The van der Waals surface area contributed by atoms with Crippen molar-refractivity contribution in [2.75, 3.05) is 0 Å². The van der Waals surface area contributed by atoms with Crippen LogP contribution >= 0.6 is 0 Å². The summed E-state index contributed by atoms with van der Waals surface area (Å²) in [6.07, 6.45) is 3.43. The molecule has 2 N–H and O–H groups in total. The molecule has 1 atom stereocenters. The zero-order valence-corrected chi connectivity index (χ0v) is 13.8. The Bertz CT molecular complexity index is 847. The molecule has 2 amide bonds. The van der Waals surface area contributed by atoms with Crippen LogP contribution in [0.4, 0.5) is 9.18 Å². The van der Waals surface area contributed by atoms with Crippen LogP contribution in [-0.2, 0) is 13.6 Å². The second kappa shape index (κ2) is 7.61. The molecule has 0 spiro atoms. The number of nitrogens with zero attached hydrogens (tertiary/aromatic N) is 2. The number of benzene rings is 2. The second-order valence-corrected chi connectivity index (χ2v) is 5.70. The van der Waals surface area contributed by atoms with Gasteiger partial charge in [-0.05, 0) is 23.3 Å². The average molecular weight is 338 g/mol. The number of halogens is 1. The third kappa shape index (κ3) is 4.23. The molecule has 1 heterocycles. The van der Waals surface area contributed by atoms with Crippen molar-refractivity contribution in [1.29, 1.82) is 0 Å². The van der Waals surface area contributed by atoms with Gasteiger partial charge in [0.25, 0.3) is 0 Å². The quantitative estimate of drug-likeness (QED) is 0.751. The summed E-state index contributed by atoms with van der Waals surface area (Å²) < 4.78 is 15.4. The highest BCUT2D eigenvalue weighted by Crippen LogP contribution is 2.21. The first kappa shape index (κ1) is 16.7. The molecule has 0 bridgehead atoms. The monoisotopic (exact) mass is 338 g/mol. The van der Waals surface area contributed by atoms with Crippen LogP contribution in [0.1, 0.15) is 23.0 Å². The van der Waals surface area contributed by atoms with Crippen molar-refractivity contribution in [3.8, 4) is 0 Å². The maximum Gasteiger partial charge on any atom is 0.315 e. The second-order valence-electron chi connectivity index (χ2n) is 5.70. The van der Waals surface area contributed by atoms with E-state index in [0.29, 0.717) is 17.9 Å². The van der Waals surface area contributed by atoms with E-state index in [-0.39, 0.29) is 11.8 Å². The molecule has 0 fully saturated rings. The molecule has 1 aromatic heterocycles. The van der Waals surface area contributed by atoms with Crippen LogP contribution in [-0.4, -0.2) is 15.6 Å². The average Bonchev–Trinajstić information content (AvgIpc) is 3.04. The summed E-state index contributed by atoms with van der Waals surface area (Å²) >= 11 is 0. The summed E-state index contributed by atoms with van der Waals surface area (Å²) in [6.45, 7) is 0.406. The summed E-state index contributed by atoms with van der Waals surface area (Å²) in [5, 5.41) is 5.69. The summed E-state index contributed by atoms with van der Waals surface area (Å²) in [6, 6.07) is 14.9. The zero-order valence-electron chi connectivity index (χ0n) is 13.8. The molecule has 3 aromatic rings. The van der Waals surface area contributed by atoms with E-state index in [2.05, 4.69) is 15.6 Å². The van der Waals surface area contributed by atoms with Crippen molar-refractivity contribution in [3.63, 3.8) is 0 Å². The molecule has 0 unspecified atom stereocenters. The van der Waals surface area contributed by atoms with E-state index in [0.717, 1.165) is 5.56 Å². The molecule has 0 saturated carbocycles. The third-order valence-electron chi connectivity index (χ3n) is 3.87. The molecule has 0 aliphatic carbocycles. The first-order valence-corrected chi connectivity index (χ1v) is 7.94. The molecule has 128 valence electrons. The van der Waals surface area contributed by atoms with Crippen molar-refractivity contribution >= 4 is 6.03 Å². The molecule has 0 saturated heterocycles. The molecule has 3 rings (SSSR count). The van der Waals surface area contributed by atoms with Gasteiger partial charge >= 0.3 is 6.03 Å². The topological polar surface area (TPSA) is 59.0 Å². The zero-order chi connectivity index (χ0) is 17.6. The molecule has 0 aliphatic rings. The predicted molar refractivity (Wildman–Crippen MR) is 93.3 cm³/mol. The van der Waals surface area contributed by atoms with Gasteiger partial charge in [-0.2, -0.15) is 0 Å². The van der Waals surface area contributed by atoms with E-state index in [1.165, 1.54) is 12.1 Å². The number of imidazole rings is 1. The Labute approximate surface area is 145 Å². The number of aromatic nitrogens is 2. The van der Waals surface area contributed by atoms with Crippen molar-refractivity contribution in [2.45, 2.75) is 12.6 Å². The Balaban J connectivity index is 1.76. The van der Waals surface area contributed by atoms with Gasteiger partial charge in [-0.3, -0.25) is 0 Å². The molecule has 0 radical (unpaired) electrons. The van der Waals surface area contributed by atoms with Crippen LogP contribution in [0.25, 0.3) is 0 Å². The number of rotatable bonds is 5. The van der Waals surface area contributed by atoms with E-state index in [4.69, 9.17) is 0 Å². The smallest absolute Gasteiger partial charge is 0.315 e. The number of amides is 2. The maximum absolute atomic E-state index is 13.6. The van der Waals surface area contributed by atoms with E-state index in [1.54, 1.807) is 29.1 Å². The highest BCUT2D eigenvalue weighted by atomic mass is 19.1. The van der Waals surface area contributed by atoms with Crippen molar-refractivity contribution in [2.24, 2.45) is 7.05 Å². The first-order valence-electron chi connectivity index (χ1n) is 7.94. The molecular formula is C19H19FN4O. The third-order valence-corrected chi connectivity index (χ3v) is 3.87. The maximum atomic E-state index is 13.6. The van der Waals surface area contributed by atoms with Crippen LogP contribution in [0.3, 0.4) is 0 Å². The number of hydrogen-bond donors (Lipinski definition) is 2. The fraction of sp³-hybridized carbons (Fsp3) is 0.158. The highest BCUT2D eigenvalue weighted by Gasteiger charge is 2.21. The molecule has 5 nitrogen and oxygen atoms in total. The minimum atomic E-state index is -0.550. The minimum Gasteiger partial charge on any atom is -0.336 e. The number of nitrogens with one attached hydrogen (secondary N) is 2. The van der Waals surface area contributed by atoms with Crippen molar-refractivity contribution in [1.82, 2.24) is 20.2 Å². The van der Waals surface area contributed by atoms with E-state index in [9.17, 15) is 9.18 Å². The minimum absolute atomic E-state index is 0.346. The standard InChI is InChI=1S/C19H19FN4O/c1-24-11-10-21-18(24)17(15-8-5-9-16(20)12-15)23-19(25)22-13-14-6-3-2-4-7-14/h2-12,17H,13H2,1H3,(H2,22,23,25)/t17-/m1/s1. The van der Waals surface area contributed by atoms with Gasteiger partial charge in [-0.15, -0.1) is 0 Å². The van der Waals surface area contributed by atoms with Crippen LogP contribution in [0.15, 0.2) is 67.0 Å². The molecule has 0 aliphatic heterocycles. The van der Waals surface area contributed by atoms with Gasteiger partial charge in [0.1, 0.15) is 17.7 Å². The number of carbonyl (C=O) groups is 1. The Hall–Kier alpha value is -3.15. The number of urea groups is 1. The predicted octanol–water partition coefficient (Wildman–Crippen LogP) is 3.15. The Morgan fingerprint density at radius 3 is 2.68 bits per heavy atom. The van der Waals surface area contributed by atoms with Crippen molar-refractivity contribution < 1.29 is 9.18 Å². The fourth-order valence-corrected chi connectivity index (χ4v) is 2.60. The lowest BCUT2D eigenvalue weighted by molar-refractivity contribution is 0.237. The van der Waals surface area contributed by atoms with E-state index < -0.39 is 6.04 Å². The summed E-state index contributed by atoms with van der Waals surface area (Å²) in [7, 11) is 1.83. The van der Waals surface area contributed by atoms with Gasteiger partial charge in [-0.25, -0.2) is 14.2 Å². The first-order chi connectivity index (χ1) is 12.1. The number of hydrogen-bond acceptors (Lipinski definition) is 2. The number of carbonyl (C=O) groups excluding carboxylic acids is 1. The van der Waals surface area contributed by atoms with Gasteiger partial charge in [0.15, 0.2) is 0 Å². The molecule has 2 aromatic carbocycles. The van der Waals surface area contributed by atoms with Gasteiger partial charge in [0.05, 0.1) is 0 Å². The highest BCUT2D eigenvalue weighted by molar-refractivity contribution is 5.74. The molecule has 25 heavy (non-hydrogen) atoms. The van der Waals surface area contributed by atoms with Gasteiger partial charge < -0.3 is 15.2 Å². The lowest BCUT2D eigenvalue weighted by atomic mass is 10.1. The lowest BCUT2D eigenvalue weighted by Crippen LogP contribution is -2.39. The molecular weight excluding hydrogens is 319 g/mol. The Kier molecular flexibility index (Phi) is 5.09.